The third kappa shape index (κ3) is 2.87. The molecule has 0 amide bonds. The number of anilines is 1. The van der Waals surface area contributed by atoms with Crippen molar-refractivity contribution in [1.82, 2.24) is 0 Å². The van der Waals surface area contributed by atoms with Crippen LogP contribution in [0.15, 0.2) is 24.3 Å². The van der Waals surface area contributed by atoms with Crippen LogP contribution >= 0.6 is 0 Å². The van der Waals surface area contributed by atoms with Crippen LogP contribution in [-0.2, 0) is 0 Å². The predicted octanol–water partition coefficient (Wildman–Crippen LogP) is -0.821. The highest BCUT2D eigenvalue weighted by atomic mass is 35.5. The number of halogens is 1. The quantitative estimate of drug-likeness (QED) is 0.441. The second-order valence-electron chi connectivity index (χ2n) is 2.08. The van der Waals surface area contributed by atoms with Crippen LogP contribution in [0.5, 0.6) is 0 Å². The normalized spacial score (nSPS) is 7.64. The first-order valence-corrected chi connectivity index (χ1v) is 2.99. The maximum atomic E-state index is 8.10. The molecule has 0 aliphatic carbocycles. The van der Waals surface area contributed by atoms with Gasteiger partial charge in [-0.2, -0.15) is 0 Å². The number of nitrogens with one attached hydrogen (secondary N) is 1. The van der Waals surface area contributed by atoms with E-state index >= 15 is 0 Å². The summed E-state index contributed by atoms with van der Waals surface area (Å²) in [7, 11) is 0. The lowest BCUT2D eigenvalue weighted by atomic mass is 10.2. The van der Waals surface area contributed by atoms with Crippen LogP contribution in [0, 0.1) is 12.3 Å². The highest BCUT2D eigenvalue weighted by Crippen LogP contribution is 2.07. The summed E-state index contributed by atoms with van der Waals surface area (Å²) in [6.07, 6.45) is 0. The van der Waals surface area contributed by atoms with Crippen LogP contribution in [-0.4, -0.2) is 0 Å². The average molecular weight is 170 g/mol. The topological polar surface area (TPSA) is 40.2 Å². The smallest absolute Gasteiger partial charge is 0.308 e. The number of rotatable bonds is 1. The van der Waals surface area contributed by atoms with Crippen molar-refractivity contribution < 1.29 is 12.4 Å². The van der Waals surface area contributed by atoms with Crippen LogP contribution in [0.1, 0.15) is 5.56 Å². The zero-order valence-electron chi connectivity index (χ0n) is 6.08. The van der Waals surface area contributed by atoms with Gasteiger partial charge in [0.05, 0.1) is 0 Å². The molecule has 0 aromatic heterocycles. The summed E-state index contributed by atoms with van der Waals surface area (Å²) < 4.78 is 0. The standard InChI is InChI=1S/C7H8N3.ClH/c1-6-2-4-7(5-3-6)9-10-8;/h2-5,9H,1H3;1H/q+1;/p-1. The minimum Gasteiger partial charge on any atom is -1.00 e. The van der Waals surface area contributed by atoms with E-state index in [0.29, 0.717) is 0 Å². The summed E-state index contributed by atoms with van der Waals surface area (Å²) in [5.41, 5.74) is 4.38. The van der Waals surface area contributed by atoms with Crippen molar-refractivity contribution in [3.8, 4) is 0 Å². The van der Waals surface area contributed by atoms with Gasteiger partial charge in [0.1, 0.15) is 5.69 Å². The molecule has 0 atom stereocenters. The van der Waals surface area contributed by atoms with Gasteiger partial charge >= 0.3 is 5.08 Å². The van der Waals surface area contributed by atoms with Crippen molar-refractivity contribution in [3.05, 3.63) is 34.9 Å². The number of diazo groups is 1. The molecule has 1 aromatic carbocycles. The van der Waals surface area contributed by atoms with Gasteiger partial charge in [-0.15, -0.1) is 0 Å². The number of nitrogens with zero attached hydrogens (tertiary/aromatic N) is 2. The first-order chi connectivity index (χ1) is 4.83. The Bertz CT molecular complexity index is 249. The molecule has 1 aromatic rings. The minimum absolute atomic E-state index is 0. The molecule has 3 nitrogen and oxygen atoms in total. The molecule has 0 aliphatic heterocycles. The van der Waals surface area contributed by atoms with Gasteiger partial charge in [0.2, 0.25) is 0 Å². The Hall–Kier alpha value is -1.27. The number of hydrogen-bond donors (Lipinski definition) is 1. The fraction of sp³-hybridized carbons (Fsp3) is 0.143. The van der Waals surface area contributed by atoms with Crippen molar-refractivity contribution in [3.63, 3.8) is 0 Å². The summed E-state index contributed by atoms with van der Waals surface area (Å²) in [6, 6.07) is 7.56. The van der Waals surface area contributed by atoms with Crippen molar-refractivity contribution in [1.29, 1.82) is 5.39 Å². The van der Waals surface area contributed by atoms with E-state index in [1.54, 1.807) is 0 Å². The van der Waals surface area contributed by atoms with Gasteiger partial charge in [-0.05, 0) is 24.5 Å². The second-order valence-corrected chi connectivity index (χ2v) is 2.08. The van der Waals surface area contributed by atoms with Crippen LogP contribution in [0.3, 0.4) is 0 Å². The van der Waals surface area contributed by atoms with Gasteiger partial charge in [0, 0.05) is 0 Å². The lowest BCUT2D eigenvalue weighted by Gasteiger charge is -1.89. The number of benzene rings is 1. The molecule has 11 heavy (non-hydrogen) atoms. The molecule has 0 radical (unpaired) electrons. The first-order valence-electron chi connectivity index (χ1n) is 2.99. The van der Waals surface area contributed by atoms with E-state index in [0.717, 1.165) is 5.69 Å². The molecule has 1 rings (SSSR count). The third-order valence-electron chi connectivity index (χ3n) is 1.23. The molecular formula is C7H8ClN3. The Labute approximate surface area is 71.4 Å². The minimum atomic E-state index is 0. The van der Waals surface area contributed by atoms with Crippen LogP contribution in [0.25, 0.3) is 5.08 Å². The van der Waals surface area contributed by atoms with Gasteiger partial charge in [-0.3, -0.25) is 0 Å². The lowest BCUT2D eigenvalue weighted by Crippen LogP contribution is -3.00. The van der Waals surface area contributed by atoms with E-state index in [-0.39, 0.29) is 12.4 Å². The first kappa shape index (κ1) is 9.73. The Kier molecular flexibility index (Phi) is 4.01. The monoisotopic (exact) mass is 169 g/mol. The second kappa shape index (κ2) is 4.53. The lowest BCUT2D eigenvalue weighted by molar-refractivity contribution is -0.00000236. The number of aryl methyl sites for hydroxylation is 1. The molecule has 1 N–H and O–H groups in total. The Balaban J connectivity index is 0.000001000. The van der Waals surface area contributed by atoms with Gasteiger partial charge in [0.15, 0.2) is 0 Å². The molecule has 0 bridgehead atoms. The molecule has 0 aliphatic rings. The van der Waals surface area contributed by atoms with E-state index < -0.39 is 0 Å². The van der Waals surface area contributed by atoms with Gasteiger partial charge < -0.3 is 12.4 Å². The molecule has 0 saturated heterocycles. The highest BCUT2D eigenvalue weighted by Gasteiger charge is 1.93. The Morgan fingerprint density at radius 2 is 1.82 bits per heavy atom. The van der Waals surface area contributed by atoms with Crippen LogP contribution in [0.2, 0.25) is 0 Å². The van der Waals surface area contributed by atoms with Crippen molar-refractivity contribution in [2.75, 3.05) is 5.43 Å². The largest absolute Gasteiger partial charge is 1.00 e. The summed E-state index contributed by atoms with van der Waals surface area (Å²) in [4.78, 5) is 0. The molecule has 0 saturated carbocycles. The molecule has 58 valence electrons. The highest BCUT2D eigenvalue weighted by molar-refractivity contribution is 5.44. The van der Waals surface area contributed by atoms with E-state index in [1.807, 2.05) is 31.2 Å². The molecule has 0 unspecified atom stereocenters. The molecule has 0 heterocycles. The van der Waals surface area contributed by atoms with E-state index in [4.69, 9.17) is 5.39 Å². The summed E-state index contributed by atoms with van der Waals surface area (Å²) >= 11 is 0. The number of hydrogen-bond acceptors (Lipinski definition) is 2. The zero-order valence-corrected chi connectivity index (χ0v) is 6.84. The molecule has 4 heteroatoms. The maximum Gasteiger partial charge on any atom is 0.308 e. The summed E-state index contributed by atoms with van der Waals surface area (Å²) in [5, 5.41) is 10.9. The molecular weight excluding hydrogens is 162 g/mol. The third-order valence-corrected chi connectivity index (χ3v) is 1.23. The summed E-state index contributed by atoms with van der Waals surface area (Å²) in [5.74, 6) is 0. The van der Waals surface area contributed by atoms with Crippen molar-refractivity contribution in [2.45, 2.75) is 6.92 Å². The van der Waals surface area contributed by atoms with Crippen LogP contribution in [0.4, 0.5) is 5.69 Å². The average Bonchev–Trinajstić information content (AvgIpc) is 1.95. The molecule has 0 fully saturated rings. The Morgan fingerprint density at radius 1 is 1.27 bits per heavy atom. The predicted molar refractivity (Wildman–Crippen MR) is 39.9 cm³/mol. The van der Waals surface area contributed by atoms with E-state index in [9.17, 15) is 0 Å². The van der Waals surface area contributed by atoms with Crippen molar-refractivity contribution in [2.24, 2.45) is 0 Å². The zero-order chi connectivity index (χ0) is 7.40. The van der Waals surface area contributed by atoms with Gasteiger partial charge in [0.25, 0.3) is 5.39 Å². The maximum absolute atomic E-state index is 8.10. The van der Waals surface area contributed by atoms with E-state index in [1.165, 1.54) is 5.56 Å². The fourth-order valence-corrected chi connectivity index (χ4v) is 0.686. The Morgan fingerprint density at radius 3 is 2.27 bits per heavy atom. The summed E-state index contributed by atoms with van der Waals surface area (Å²) in [6.45, 7) is 2.00. The van der Waals surface area contributed by atoms with Gasteiger partial charge in [-0.25, -0.2) is 0 Å². The van der Waals surface area contributed by atoms with Crippen LogP contribution < -0.4 is 17.8 Å². The fourth-order valence-electron chi connectivity index (χ4n) is 0.686. The van der Waals surface area contributed by atoms with Crippen molar-refractivity contribution >= 4 is 5.69 Å². The van der Waals surface area contributed by atoms with E-state index in [2.05, 4.69) is 10.5 Å². The van der Waals surface area contributed by atoms with Gasteiger partial charge in [-0.1, -0.05) is 17.7 Å². The molecule has 0 spiro atoms. The SMILES string of the molecule is Cc1ccc(N[N+]#N)cc1.[Cl-].